The van der Waals surface area contributed by atoms with E-state index in [4.69, 9.17) is 0 Å². The zero-order valence-corrected chi connectivity index (χ0v) is 11.0. The van der Waals surface area contributed by atoms with Gasteiger partial charge in [-0.05, 0) is 30.4 Å². The summed E-state index contributed by atoms with van der Waals surface area (Å²) in [5, 5.41) is 0. The van der Waals surface area contributed by atoms with Crippen LogP contribution in [-0.4, -0.2) is 0 Å². The highest BCUT2D eigenvalue weighted by Crippen LogP contribution is 2.14. The predicted molar refractivity (Wildman–Crippen MR) is 78.7 cm³/mol. The van der Waals surface area contributed by atoms with Crippen molar-refractivity contribution < 1.29 is 0 Å². The standard InChI is InChI=1S/C18H20/c1-2-9-18(14-16-10-5-3-6-11-16)15-17-12-7-4-8-13-17/h3-13H,2,14-15H2,1H3. The molecule has 0 spiro atoms. The fraction of sp³-hybridized carbons (Fsp3) is 0.222. The highest BCUT2D eigenvalue weighted by molar-refractivity contribution is 5.27. The third-order valence-electron chi connectivity index (χ3n) is 3.04. The van der Waals surface area contributed by atoms with Crippen LogP contribution in [0.2, 0.25) is 0 Å². The Morgan fingerprint density at radius 2 is 1.22 bits per heavy atom. The lowest BCUT2D eigenvalue weighted by molar-refractivity contribution is 1.00. The van der Waals surface area contributed by atoms with Crippen LogP contribution in [0.1, 0.15) is 24.5 Å². The maximum Gasteiger partial charge on any atom is -0.00638 e. The van der Waals surface area contributed by atoms with Crippen molar-refractivity contribution in [2.24, 2.45) is 0 Å². The summed E-state index contributed by atoms with van der Waals surface area (Å²) in [5.74, 6) is 0. The van der Waals surface area contributed by atoms with E-state index in [0.717, 1.165) is 19.3 Å². The monoisotopic (exact) mass is 236 g/mol. The molecule has 0 radical (unpaired) electrons. The van der Waals surface area contributed by atoms with E-state index in [1.54, 1.807) is 0 Å². The van der Waals surface area contributed by atoms with Gasteiger partial charge in [-0.25, -0.2) is 0 Å². The summed E-state index contributed by atoms with van der Waals surface area (Å²) in [6.45, 7) is 2.20. The Kier molecular flexibility index (Phi) is 4.78. The SMILES string of the molecule is CCC=C(Cc1ccccc1)Cc1ccccc1. The molecular formula is C18H20. The lowest BCUT2D eigenvalue weighted by Crippen LogP contribution is -1.95. The van der Waals surface area contributed by atoms with E-state index in [2.05, 4.69) is 73.7 Å². The van der Waals surface area contributed by atoms with Crippen LogP contribution in [0.3, 0.4) is 0 Å². The van der Waals surface area contributed by atoms with Crippen LogP contribution >= 0.6 is 0 Å². The first-order chi connectivity index (χ1) is 8.88. The van der Waals surface area contributed by atoms with Gasteiger partial charge in [-0.2, -0.15) is 0 Å². The zero-order chi connectivity index (χ0) is 12.6. The Bertz CT molecular complexity index is 436. The fourth-order valence-corrected chi connectivity index (χ4v) is 2.21. The molecule has 0 nitrogen and oxygen atoms in total. The van der Waals surface area contributed by atoms with Gasteiger partial charge < -0.3 is 0 Å². The molecule has 0 heteroatoms. The molecule has 0 saturated heterocycles. The van der Waals surface area contributed by atoms with Crippen molar-refractivity contribution >= 4 is 0 Å². The van der Waals surface area contributed by atoms with E-state index >= 15 is 0 Å². The van der Waals surface area contributed by atoms with Crippen molar-refractivity contribution in [3.8, 4) is 0 Å². The second kappa shape index (κ2) is 6.80. The van der Waals surface area contributed by atoms with E-state index < -0.39 is 0 Å². The molecule has 2 rings (SSSR count). The van der Waals surface area contributed by atoms with Crippen LogP contribution in [0.15, 0.2) is 72.3 Å². The van der Waals surface area contributed by atoms with Gasteiger partial charge in [0.2, 0.25) is 0 Å². The van der Waals surface area contributed by atoms with Crippen molar-refractivity contribution in [1.82, 2.24) is 0 Å². The summed E-state index contributed by atoms with van der Waals surface area (Å²) >= 11 is 0. The topological polar surface area (TPSA) is 0 Å². The minimum Gasteiger partial charge on any atom is -0.0849 e. The molecule has 0 atom stereocenters. The molecule has 0 unspecified atom stereocenters. The third-order valence-corrected chi connectivity index (χ3v) is 3.04. The largest absolute Gasteiger partial charge is 0.0849 e. The number of hydrogen-bond donors (Lipinski definition) is 0. The molecule has 0 aliphatic heterocycles. The van der Waals surface area contributed by atoms with Gasteiger partial charge in [0.25, 0.3) is 0 Å². The van der Waals surface area contributed by atoms with Gasteiger partial charge >= 0.3 is 0 Å². The quantitative estimate of drug-likeness (QED) is 0.654. The van der Waals surface area contributed by atoms with Crippen LogP contribution in [-0.2, 0) is 12.8 Å². The molecule has 0 N–H and O–H groups in total. The summed E-state index contributed by atoms with van der Waals surface area (Å²) < 4.78 is 0. The van der Waals surface area contributed by atoms with Gasteiger partial charge in [-0.15, -0.1) is 0 Å². The highest BCUT2D eigenvalue weighted by Gasteiger charge is 2.01. The lowest BCUT2D eigenvalue weighted by atomic mass is 9.97. The van der Waals surface area contributed by atoms with E-state index in [1.165, 1.54) is 16.7 Å². The molecule has 2 aromatic carbocycles. The third kappa shape index (κ3) is 3.89. The molecule has 0 aliphatic carbocycles. The van der Waals surface area contributed by atoms with Crippen molar-refractivity contribution in [3.05, 3.63) is 83.4 Å². The molecule has 0 amide bonds. The predicted octanol–water partition coefficient (Wildman–Crippen LogP) is 4.81. The highest BCUT2D eigenvalue weighted by atomic mass is 14.1. The van der Waals surface area contributed by atoms with E-state index in [1.807, 2.05) is 0 Å². The molecule has 0 bridgehead atoms. The maximum absolute atomic E-state index is 2.36. The number of rotatable bonds is 5. The average Bonchev–Trinajstić information content (AvgIpc) is 2.41. The van der Waals surface area contributed by atoms with Gasteiger partial charge in [0, 0.05) is 0 Å². The Labute approximate surface area is 110 Å². The first-order valence-corrected chi connectivity index (χ1v) is 6.64. The van der Waals surface area contributed by atoms with E-state index in [9.17, 15) is 0 Å². The molecular weight excluding hydrogens is 216 g/mol. The van der Waals surface area contributed by atoms with Gasteiger partial charge in [0.1, 0.15) is 0 Å². The molecule has 0 aliphatic rings. The molecule has 2 aromatic rings. The second-order valence-corrected chi connectivity index (χ2v) is 4.60. The fourth-order valence-electron chi connectivity index (χ4n) is 2.21. The van der Waals surface area contributed by atoms with Crippen molar-refractivity contribution in [2.75, 3.05) is 0 Å². The molecule has 0 aromatic heterocycles. The smallest absolute Gasteiger partial charge is 0.00638 e. The average molecular weight is 236 g/mol. The first kappa shape index (κ1) is 12.6. The molecule has 0 fully saturated rings. The Hall–Kier alpha value is -1.82. The van der Waals surface area contributed by atoms with Crippen molar-refractivity contribution in [2.45, 2.75) is 26.2 Å². The number of allylic oxidation sites excluding steroid dienone is 2. The molecule has 0 heterocycles. The van der Waals surface area contributed by atoms with Crippen molar-refractivity contribution in [3.63, 3.8) is 0 Å². The van der Waals surface area contributed by atoms with Crippen molar-refractivity contribution in [1.29, 1.82) is 0 Å². The molecule has 92 valence electrons. The van der Waals surface area contributed by atoms with Gasteiger partial charge in [0.15, 0.2) is 0 Å². The Morgan fingerprint density at radius 1 is 0.778 bits per heavy atom. The molecule has 0 saturated carbocycles. The summed E-state index contributed by atoms with van der Waals surface area (Å²) in [6, 6.07) is 21.4. The van der Waals surface area contributed by atoms with E-state index in [0.29, 0.717) is 0 Å². The zero-order valence-electron chi connectivity index (χ0n) is 11.0. The van der Waals surface area contributed by atoms with Gasteiger partial charge in [0.05, 0.1) is 0 Å². The van der Waals surface area contributed by atoms with Crippen LogP contribution in [0.25, 0.3) is 0 Å². The summed E-state index contributed by atoms with van der Waals surface area (Å²) in [4.78, 5) is 0. The minimum absolute atomic E-state index is 1.06. The van der Waals surface area contributed by atoms with Gasteiger partial charge in [-0.1, -0.05) is 79.2 Å². The minimum atomic E-state index is 1.06. The van der Waals surface area contributed by atoms with Gasteiger partial charge in [-0.3, -0.25) is 0 Å². The Balaban J connectivity index is 2.08. The molecule has 18 heavy (non-hydrogen) atoms. The lowest BCUT2D eigenvalue weighted by Gasteiger charge is -2.08. The number of hydrogen-bond acceptors (Lipinski definition) is 0. The van der Waals surface area contributed by atoms with Crippen LogP contribution in [0, 0.1) is 0 Å². The summed E-state index contributed by atoms with van der Waals surface area (Å²) in [6.07, 6.45) is 5.59. The van der Waals surface area contributed by atoms with Crippen LogP contribution in [0.4, 0.5) is 0 Å². The van der Waals surface area contributed by atoms with E-state index in [-0.39, 0.29) is 0 Å². The summed E-state index contributed by atoms with van der Waals surface area (Å²) in [5.41, 5.74) is 4.30. The number of benzene rings is 2. The van der Waals surface area contributed by atoms with Crippen LogP contribution in [0.5, 0.6) is 0 Å². The Morgan fingerprint density at radius 3 is 1.61 bits per heavy atom. The second-order valence-electron chi connectivity index (χ2n) is 4.60. The normalized spacial score (nSPS) is 10.1. The first-order valence-electron chi connectivity index (χ1n) is 6.64. The van der Waals surface area contributed by atoms with Crippen LogP contribution < -0.4 is 0 Å². The maximum atomic E-state index is 2.36. The summed E-state index contributed by atoms with van der Waals surface area (Å²) in [7, 11) is 0.